The predicted molar refractivity (Wildman–Crippen MR) is 81.7 cm³/mol. The van der Waals surface area contributed by atoms with Crippen LogP contribution < -0.4 is 11.1 Å². The van der Waals surface area contributed by atoms with Crippen LogP contribution in [0.5, 0.6) is 0 Å². The van der Waals surface area contributed by atoms with Gasteiger partial charge in [0.15, 0.2) is 0 Å². The van der Waals surface area contributed by atoms with Crippen LogP contribution in [0, 0.1) is 5.92 Å². The lowest BCUT2D eigenvalue weighted by molar-refractivity contribution is 0.461. The number of nitrogens with two attached hydrogens (primary N) is 1. The maximum atomic E-state index is 6.00. The van der Waals surface area contributed by atoms with E-state index in [2.05, 4.69) is 15.3 Å². The first-order valence-electron chi connectivity index (χ1n) is 8.18. The van der Waals surface area contributed by atoms with E-state index in [9.17, 15) is 0 Å². The van der Waals surface area contributed by atoms with Crippen LogP contribution in [-0.4, -0.2) is 22.6 Å². The van der Waals surface area contributed by atoms with E-state index in [1.807, 2.05) is 0 Å². The van der Waals surface area contributed by atoms with Gasteiger partial charge in [0.05, 0.1) is 0 Å². The number of aromatic nitrogens is 2. The summed E-state index contributed by atoms with van der Waals surface area (Å²) in [4.78, 5) is 9.00. The van der Waals surface area contributed by atoms with Gasteiger partial charge in [0.1, 0.15) is 12.1 Å². The van der Waals surface area contributed by atoms with E-state index in [4.69, 9.17) is 5.73 Å². The summed E-state index contributed by atoms with van der Waals surface area (Å²) in [7, 11) is 0. The van der Waals surface area contributed by atoms with Crippen molar-refractivity contribution in [2.75, 3.05) is 11.9 Å². The van der Waals surface area contributed by atoms with Gasteiger partial charge >= 0.3 is 0 Å². The molecule has 0 spiro atoms. The van der Waals surface area contributed by atoms with Gasteiger partial charge in [-0.3, -0.25) is 0 Å². The van der Waals surface area contributed by atoms with Crippen molar-refractivity contribution in [3.8, 4) is 0 Å². The Morgan fingerprint density at radius 3 is 2.70 bits per heavy atom. The number of rotatable bonds is 4. The number of nitrogens with one attached hydrogen (secondary N) is 1. The average molecular weight is 274 g/mol. The standard InChI is InChI=1S/C16H26N4/c17-10-15(12-6-4-5-7-12)20-16-13-8-2-1-3-9-14(13)18-11-19-16/h11-12,15H,1-10,17H2,(H,18,19,20). The molecular formula is C16H26N4. The third-order valence-corrected chi connectivity index (χ3v) is 4.92. The summed E-state index contributed by atoms with van der Waals surface area (Å²) in [5, 5.41) is 3.65. The fourth-order valence-electron chi connectivity index (χ4n) is 3.73. The van der Waals surface area contributed by atoms with Gasteiger partial charge in [0, 0.05) is 23.8 Å². The van der Waals surface area contributed by atoms with Crippen molar-refractivity contribution in [3.05, 3.63) is 17.6 Å². The fourth-order valence-corrected chi connectivity index (χ4v) is 3.73. The lowest BCUT2D eigenvalue weighted by atomic mass is 9.97. The first kappa shape index (κ1) is 13.8. The van der Waals surface area contributed by atoms with Gasteiger partial charge in [-0.05, 0) is 44.4 Å². The van der Waals surface area contributed by atoms with Crippen LogP contribution in [0.3, 0.4) is 0 Å². The Kier molecular flexibility index (Phi) is 4.51. The smallest absolute Gasteiger partial charge is 0.133 e. The van der Waals surface area contributed by atoms with Crippen molar-refractivity contribution in [2.45, 2.75) is 63.8 Å². The van der Waals surface area contributed by atoms with Gasteiger partial charge in [-0.2, -0.15) is 0 Å². The van der Waals surface area contributed by atoms with Gasteiger partial charge < -0.3 is 11.1 Å². The van der Waals surface area contributed by atoms with Gasteiger partial charge in [-0.15, -0.1) is 0 Å². The largest absolute Gasteiger partial charge is 0.365 e. The van der Waals surface area contributed by atoms with E-state index in [0.29, 0.717) is 12.6 Å². The second-order valence-corrected chi connectivity index (χ2v) is 6.24. The van der Waals surface area contributed by atoms with Crippen LogP contribution in [0.2, 0.25) is 0 Å². The Labute approximate surface area is 121 Å². The molecule has 3 rings (SSSR count). The highest BCUT2D eigenvalue weighted by Gasteiger charge is 2.25. The molecule has 1 aromatic rings. The van der Waals surface area contributed by atoms with E-state index >= 15 is 0 Å². The molecule has 110 valence electrons. The number of aryl methyl sites for hydroxylation is 1. The molecule has 1 aromatic heterocycles. The first-order chi connectivity index (χ1) is 9.88. The van der Waals surface area contributed by atoms with Crippen molar-refractivity contribution < 1.29 is 0 Å². The zero-order valence-electron chi connectivity index (χ0n) is 12.3. The molecule has 0 aromatic carbocycles. The van der Waals surface area contributed by atoms with Gasteiger partial charge in [-0.1, -0.05) is 19.3 Å². The highest BCUT2D eigenvalue weighted by Crippen LogP contribution is 2.30. The lowest BCUT2D eigenvalue weighted by Gasteiger charge is -2.25. The summed E-state index contributed by atoms with van der Waals surface area (Å²) in [6.07, 6.45) is 13.1. The summed E-state index contributed by atoms with van der Waals surface area (Å²) in [6, 6.07) is 0.375. The molecule has 2 aliphatic rings. The van der Waals surface area contributed by atoms with E-state index in [1.54, 1.807) is 6.33 Å². The molecule has 1 heterocycles. The first-order valence-corrected chi connectivity index (χ1v) is 8.18. The summed E-state index contributed by atoms with van der Waals surface area (Å²) in [5.41, 5.74) is 8.60. The Hall–Kier alpha value is -1.16. The molecule has 1 unspecified atom stereocenters. The Morgan fingerprint density at radius 2 is 1.90 bits per heavy atom. The molecule has 0 bridgehead atoms. The van der Waals surface area contributed by atoms with Gasteiger partial charge in [0.25, 0.3) is 0 Å². The summed E-state index contributed by atoms with van der Waals surface area (Å²) in [6.45, 7) is 0.698. The van der Waals surface area contributed by atoms with Crippen molar-refractivity contribution >= 4 is 5.82 Å². The Morgan fingerprint density at radius 1 is 1.10 bits per heavy atom. The van der Waals surface area contributed by atoms with Gasteiger partial charge in [0.2, 0.25) is 0 Å². The molecule has 1 fully saturated rings. The molecule has 0 aliphatic heterocycles. The molecule has 1 atom stereocenters. The third kappa shape index (κ3) is 2.95. The number of nitrogens with zero attached hydrogens (tertiary/aromatic N) is 2. The molecule has 1 saturated carbocycles. The van der Waals surface area contributed by atoms with Crippen LogP contribution in [0.15, 0.2) is 6.33 Å². The highest BCUT2D eigenvalue weighted by molar-refractivity contribution is 5.47. The summed E-state index contributed by atoms with van der Waals surface area (Å²) in [5.74, 6) is 1.77. The topological polar surface area (TPSA) is 63.8 Å². The lowest BCUT2D eigenvalue weighted by Crippen LogP contribution is -2.36. The minimum Gasteiger partial charge on any atom is -0.365 e. The highest BCUT2D eigenvalue weighted by atomic mass is 15.1. The van der Waals surface area contributed by atoms with Crippen molar-refractivity contribution in [3.63, 3.8) is 0 Å². The predicted octanol–water partition coefficient (Wildman–Crippen LogP) is 2.67. The quantitative estimate of drug-likeness (QED) is 0.829. The number of anilines is 1. The maximum Gasteiger partial charge on any atom is 0.133 e. The maximum absolute atomic E-state index is 6.00. The van der Waals surface area contributed by atoms with E-state index in [-0.39, 0.29) is 0 Å². The molecule has 4 heteroatoms. The van der Waals surface area contributed by atoms with Crippen LogP contribution >= 0.6 is 0 Å². The Bertz CT molecular complexity index is 440. The monoisotopic (exact) mass is 274 g/mol. The molecule has 2 aliphatic carbocycles. The van der Waals surface area contributed by atoms with Crippen molar-refractivity contribution in [1.82, 2.24) is 9.97 Å². The minimum absolute atomic E-state index is 0.375. The summed E-state index contributed by atoms with van der Waals surface area (Å²) >= 11 is 0. The molecule has 20 heavy (non-hydrogen) atoms. The van der Waals surface area contributed by atoms with Crippen LogP contribution in [-0.2, 0) is 12.8 Å². The average Bonchev–Trinajstić information content (AvgIpc) is 2.89. The minimum atomic E-state index is 0.375. The van der Waals surface area contributed by atoms with E-state index < -0.39 is 0 Å². The molecule has 4 nitrogen and oxygen atoms in total. The fraction of sp³-hybridized carbons (Fsp3) is 0.750. The zero-order chi connectivity index (χ0) is 13.8. The number of fused-ring (bicyclic) bond motifs is 1. The van der Waals surface area contributed by atoms with Crippen molar-refractivity contribution in [2.24, 2.45) is 11.7 Å². The van der Waals surface area contributed by atoms with Gasteiger partial charge in [-0.25, -0.2) is 9.97 Å². The van der Waals surface area contributed by atoms with Crippen molar-refractivity contribution in [1.29, 1.82) is 0 Å². The number of hydrogen-bond acceptors (Lipinski definition) is 4. The van der Waals surface area contributed by atoms with Crippen LogP contribution in [0.1, 0.15) is 56.2 Å². The molecule has 0 radical (unpaired) electrons. The van der Waals surface area contributed by atoms with E-state index in [0.717, 1.165) is 24.6 Å². The number of hydrogen-bond donors (Lipinski definition) is 2. The SMILES string of the molecule is NCC(Nc1ncnc2c1CCCCC2)C1CCCC1. The second-order valence-electron chi connectivity index (χ2n) is 6.24. The summed E-state index contributed by atoms with van der Waals surface area (Å²) < 4.78 is 0. The molecular weight excluding hydrogens is 248 g/mol. The second kappa shape index (κ2) is 6.53. The normalized spacial score (nSPS) is 21.2. The Balaban J connectivity index is 1.79. The molecule has 0 amide bonds. The van der Waals surface area contributed by atoms with Crippen LogP contribution in [0.25, 0.3) is 0 Å². The zero-order valence-corrected chi connectivity index (χ0v) is 12.3. The molecule has 3 N–H and O–H groups in total. The third-order valence-electron chi connectivity index (χ3n) is 4.92. The van der Waals surface area contributed by atoms with Crippen LogP contribution in [0.4, 0.5) is 5.82 Å². The van der Waals surface area contributed by atoms with E-state index in [1.165, 1.54) is 56.2 Å². The molecule has 0 saturated heterocycles.